The van der Waals surface area contributed by atoms with Crippen molar-refractivity contribution < 1.29 is 64.6 Å². The predicted octanol–water partition coefficient (Wildman–Crippen LogP) is -5.96. The highest BCUT2D eigenvalue weighted by Gasteiger charge is 2.50. The minimum absolute atomic E-state index is 0.588. The van der Waals surface area contributed by atoms with Gasteiger partial charge in [0.15, 0.2) is 12.6 Å². The summed E-state index contributed by atoms with van der Waals surface area (Å²) in [7, 11) is 0. The van der Waals surface area contributed by atoms with Crippen molar-refractivity contribution in [2.45, 2.75) is 67.5 Å². The monoisotopic (exact) mass is 429 g/mol. The van der Waals surface area contributed by atoms with Crippen LogP contribution in [-0.4, -0.2) is 134 Å². The van der Waals surface area contributed by atoms with E-state index in [4.69, 9.17) is 29.8 Å². The van der Waals surface area contributed by atoms with Gasteiger partial charge in [-0.15, -0.1) is 0 Å². The maximum Gasteiger partial charge on any atom is 0.322 e. The molecule has 14 heteroatoms. The molecule has 10 N–H and O–H groups in total. The first-order valence-electron chi connectivity index (χ1n) is 8.80. The lowest BCUT2D eigenvalue weighted by Crippen LogP contribution is -2.64. The second-order valence-electron chi connectivity index (χ2n) is 6.78. The fourth-order valence-corrected chi connectivity index (χ4v) is 2.94. The number of hydrogen-bond donors (Lipinski definition) is 9. The molecular formula is C15H27NO13. The average molecular weight is 429 g/mol. The second kappa shape index (κ2) is 10.3. The molecule has 0 aromatic carbocycles. The quantitative estimate of drug-likeness (QED) is 0.174. The second-order valence-corrected chi connectivity index (χ2v) is 6.78. The van der Waals surface area contributed by atoms with Crippen LogP contribution in [0.4, 0.5) is 0 Å². The molecule has 0 saturated carbocycles. The number of carboxylic acid groups (broad SMARTS) is 1. The summed E-state index contributed by atoms with van der Waals surface area (Å²) >= 11 is 0. The molecule has 0 unspecified atom stereocenters. The fourth-order valence-electron chi connectivity index (χ4n) is 2.94. The number of ether oxygens (including phenoxy) is 4. The smallest absolute Gasteiger partial charge is 0.322 e. The summed E-state index contributed by atoms with van der Waals surface area (Å²) in [6.07, 6.45) is -16.0. The van der Waals surface area contributed by atoms with Crippen molar-refractivity contribution in [3.05, 3.63) is 0 Å². The third-order valence-corrected chi connectivity index (χ3v) is 4.72. The lowest BCUT2D eigenvalue weighted by atomic mass is 9.97. The van der Waals surface area contributed by atoms with Crippen LogP contribution in [0.25, 0.3) is 0 Å². The Kier molecular flexibility index (Phi) is 8.65. The molecule has 14 nitrogen and oxygen atoms in total. The van der Waals surface area contributed by atoms with E-state index in [0.29, 0.717) is 0 Å². The number of carbonyl (C=O) groups is 1. The molecule has 2 aliphatic rings. The highest BCUT2D eigenvalue weighted by molar-refractivity contribution is 5.73. The summed E-state index contributed by atoms with van der Waals surface area (Å²) in [4.78, 5) is 10.9. The van der Waals surface area contributed by atoms with E-state index in [9.17, 15) is 40.5 Å². The van der Waals surface area contributed by atoms with E-state index in [1.165, 1.54) is 0 Å². The first-order chi connectivity index (χ1) is 13.6. The number of rotatable bonds is 8. The van der Waals surface area contributed by atoms with Gasteiger partial charge in [-0.25, -0.2) is 0 Å². The van der Waals surface area contributed by atoms with E-state index in [-0.39, 0.29) is 0 Å². The van der Waals surface area contributed by atoms with Crippen LogP contribution in [0, 0.1) is 0 Å². The van der Waals surface area contributed by atoms with Crippen LogP contribution in [0.3, 0.4) is 0 Å². The van der Waals surface area contributed by atoms with E-state index < -0.39 is 93.2 Å². The Labute approximate surface area is 164 Å². The van der Waals surface area contributed by atoms with Crippen LogP contribution in [0.5, 0.6) is 0 Å². The van der Waals surface area contributed by atoms with Gasteiger partial charge in [-0.2, -0.15) is 0 Å². The molecule has 11 atom stereocenters. The standard InChI is InChI=1S/C15H27NO13/c16-4(13(24)25)3-26-15-12(10(22)8(20)6(2-18)28-15)29-14-11(23)9(21)7(19)5(1-17)27-14/h4-12,14-15,17-23H,1-3,16H2,(H,24,25)/t4-,5+,6+,7+,8+,9-,10-,11-,12-,14+,15-/m0/s1. The van der Waals surface area contributed by atoms with E-state index in [1.807, 2.05) is 0 Å². The van der Waals surface area contributed by atoms with Crippen LogP contribution in [-0.2, 0) is 23.7 Å². The van der Waals surface area contributed by atoms with Gasteiger partial charge >= 0.3 is 5.97 Å². The summed E-state index contributed by atoms with van der Waals surface area (Å²) in [6, 6.07) is -1.46. The Morgan fingerprint density at radius 2 is 1.38 bits per heavy atom. The summed E-state index contributed by atoms with van der Waals surface area (Å²) in [5.74, 6) is -1.38. The molecule has 0 radical (unpaired) electrons. The lowest BCUT2D eigenvalue weighted by molar-refractivity contribution is -0.367. The maximum absolute atomic E-state index is 10.9. The third-order valence-electron chi connectivity index (χ3n) is 4.72. The normalized spacial score (nSPS) is 44.4. The molecule has 0 aromatic heterocycles. The van der Waals surface area contributed by atoms with Gasteiger partial charge in [-0.05, 0) is 0 Å². The van der Waals surface area contributed by atoms with Crippen molar-refractivity contribution in [3.63, 3.8) is 0 Å². The van der Waals surface area contributed by atoms with Gasteiger partial charge in [0.1, 0.15) is 54.9 Å². The molecule has 2 fully saturated rings. The maximum atomic E-state index is 10.9. The highest BCUT2D eigenvalue weighted by Crippen LogP contribution is 2.29. The van der Waals surface area contributed by atoms with Gasteiger partial charge in [-0.1, -0.05) is 0 Å². The Morgan fingerprint density at radius 1 is 0.862 bits per heavy atom. The van der Waals surface area contributed by atoms with Gasteiger partial charge in [0.05, 0.1) is 19.8 Å². The number of hydrogen-bond acceptors (Lipinski definition) is 13. The molecule has 0 spiro atoms. The van der Waals surface area contributed by atoms with E-state index in [0.717, 1.165) is 0 Å². The van der Waals surface area contributed by atoms with Crippen molar-refractivity contribution >= 4 is 5.97 Å². The van der Waals surface area contributed by atoms with Crippen molar-refractivity contribution in [1.82, 2.24) is 0 Å². The molecule has 0 aromatic rings. The highest BCUT2D eigenvalue weighted by atomic mass is 16.8. The molecule has 0 amide bonds. The van der Waals surface area contributed by atoms with E-state index in [1.54, 1.807) is 0 Å². The van der Waals surface area contributed by atoms with Gasteiger partial charge in [0.25, 0.3) is 0 Å². The van der Waals surface area contributed by atoms with Crippen LogP contribution in [0.15, 0.2) is 0 Å². The molecule has 170 valence electrons. The van der Waals surface area contributed by atoms with Crippen LogP contribution >= 0.6 is 0 Å². The average Bonchev–Trinajstić information content (AvgIpc) is 2.70. The zero-order chi connectivity index (χ0) is 21.9. The number of aliphatic carboxylic acids is 1. The van der Waals surface area contributed by atoms with Crippen molar-refractivity contribution in [2.75, 3.05) is 19.8 Å². The Morgan fingerprint density at radius 3 is 1.90 bits per heavy atom. The van der Waals surface area contributed by atoms with Crippen molar-refractivity contribution in [3.8, 4) is 0 Å². The summed E-state index contributed by atoms with van der Waals surface area (Å²) in [6.45, 7) is -2.03. The van der Waals surface area contributed by atoms with Crippen molar-refractivity contribution in [1.29, 1.82) is 0 Å². The molecule has 0 bridgehead atoms. The molecule has 2 saturated heterocycles. The first-order valence-corrected chi connectivity index (χ1v) is 8.80. The summed E-state index contributed by atoms with van der Waals surface area (Å²) in [5, 5.41) is 77.5. The Balaban J connectivity index is 2.16. The van der Waals surface area contributed by atoms with Gasteiger partial charge in [0, 0.05) is 0 Å². The zero-order valence-electron chi connectivity index (χ0n) is 15.2. The third kappa shape index (κ3) is 5.38. The van der Waals surface area contributed by atoms with Crippen molar-refractivity contribution in [2.24, 2.45) is 5.73 Å². The number of carboxylic acids is 1. The summed E-state index contributed by atoms with van der Waals surface area (Å²) < 4.78 is 21.1. The fraction of sp³-hybridized carbons (Fsp3) is 0.933. The molecule has 2 rings (SSSR count). The van der Waals surface area contributed by atoms with E-state index in [2.05, 4.69) is 0 Å². The molecule has 2 aliphatic heterocycles. The number of aliphatic hydroxyl groups is 7. The van der Waals surface area contributed by atoms with Crippen LogP contribution in [0.2, 0.25) is 0 Å². The van der Waals surface area contributed by atoms with Gasteiger partial charge < -0.3 is 65.5 Å². The molecular weight excluding hydrogens is 402 g/mol. The molecule has 0 aliphatic carbocycles. The summed E-state index contributed by atoms with van der Waals surface area (Å²) in [5.41, 5.74) is 5.35. The van der Waals surface area contributed by atoms with Gasteiger partial charge in [0.2, 0.25) is 0 Å². The largest absolute Gasteiger partial charge is 0.480 e. The predicted molar refractivity (Wildman–Crippen MR) is 88.0 cm³/mol. The minimum Gasteiger partial charge on any atom is -0.480 e. The van der Waals surface area contributed by atoms with Gasteiger partial charge in [-0.3, -0.25) is 4.79 Å². The first kappa shape index (κ1) is 24.3. The Hall–Kier alpha value is -1.01. The SMILES string of the molecule is N[C@@H](CO[C@H]1O[C@H](CO)[C@@H](O)[C@H](O)[C@@H]1O[C@H]1O[C@H](CO)[C@@H](O)[C@H](O)[C@@H]1O)C(=O)O. The van der Waals surface area contributed by atoms with E-state index >= 15 is 0 Å². The lowest BCUT2D eigenvalue weighted by Gasteiger charge is -2.46. The molecule has 2 heterocycles. The number of aliphatic hydroxyl groups excluding tert-OH is 7. The zero-order valence-corrected chi connectivity index (χ0v) is 15.2. The topological polar surface area (TPSA) is 242 Å². The number of nitrogens with two attached hydrogens (primary N) is 1. The molecule has 29 heavy (non-hydrogen) atoms. The van der Waals surface area contributed by atoms with Crippen LogP contribution in [0.1, 0.15) is 0 Å². The van der Waals surface area contributed by atoms with Crippen LogP contribution < -0.4 is 5.73 Å². The Bertz CT molecular complexity index is 536. The minimum atomic E-state index is -1.81.